The number of aryl methyl sites for hydroxylation is 1. The van der Waals surface area contributed by atoms with Gasteiger partial charge in [0.1, 0.15) is 35.4 Å². The van der Waals surface area contributed by atoms with E-state index in [4.69, 9.17) is 16.2 Å². The molecule has 0 atom stereocenters. The molecular weight excluding hydrogens is 508 g/mol. The Balaban J connectivity index is 1.20. The van der Waals surface area contributed by atoms with Crippen LogP contribution in [0.1, 0.15) is 36.8 Å². The van der Waals surface area contributed by atoms with E-state index in [1.54, 1.807) is 16.3 Å². The van der Waals surface area contributed by atoms with Gasteiger partial charge in [0, 0.05) is 42.9 Å². The van der Waals surface area contributed by atoms with Crippen molar-refractivity contribution in [3.8, 4) is 11.5 Å². The Bertz CT molecular complexity index is 1740. The fraction of sp³-hybridized carbons (Fsp3) is 0.250. The molecule has 1 fully saturated rings. The maximum absolute atomic E-state index is 12.6. The van der Waals surface area contributed by atoms with E-state index < -0.39 is 0 Å². The van der Waals surface area contributed by atoms with Crippen LogP contribution in [0.25, 0.3) is 11.2 Å². The number of hydrogen-bond acceptors (Lipinski definition) is 9. The highest BCUT2D eigenvalue weighted by Crippen LogP contribution is 2.35. The number of rotatable bonds is 6. The first-order chi connectivity index (χ1) is 19.4. The lowest BCUT2D eigenvalue weighted by atomic mass is 9.90. The summed E-state index contributed by atoms with van der Waals surface area (Å²) in [5.41, 5.74) is 16.7. The number of fused-ring (bicyclic) bond motifs is 2. The van der Waals surface area contributed by atoms with Crippen molar-refractivity contribution in [2.75, 3.05) is 18.4 Å². The number of amides is 1. The van der Waals surface area contributed by atoms with Gasteiger partial charge in [-0.25, -0.2) is 19.0 Å². The monoisotopic (exact) mass is 538 g/mol. The molecule has 12 heteroatoms. The minimum absolute atomic E-state index is 0.121. The predicted octanol–water partition coefficient (Wildman–Crippen LogP) is 3.47. The summed E-state index contributed by atoms with van der Waals surface area (Å²) in [4.78, 5) is 23.2. The number of carbonyl (C=O) groups excluding carboxylic acids is 1. The molecule has 1 aliphatic rings. The number of ether oxygens (including phenoxy) is 1. The zero-order valence-electron chi connectivity index (χ0n) is 22.3. The second-order valence-electron chi connectivity index (χ2n) is 9.97. The molecule has 0 spiro atoms. The second-order valence-corrected chi connectivity index (χ2v) is 9.97. The Morgan fingerprint density at radius 2 is 1.75 bits per heavy atom. The number of carbonyl (C=O) groups is 1. The van der Waals surface area contributed by atoms with Crippen LogP contribution >= 0.6 is 0 Å². The normalized spacial score (nSPS) is 14.9. The molecule has 4 aromatic heterocycles. The molecule has 0 bridgehead atoms. The van der Waals surface area contributed by atoms with Crippen molar-refractivity contribution in [2.45, 2.75) is 32.6 Å². The van der Waals surface area contributed by atoms with Crippen LogP contribution < -0.4 is 21.5 Å². The van der Waals surface area contributed by atoms with Crippen molar-refractivity contribution in [3.05, 3.63) is 84.0 Å². The Labute approximate surface area is 230 Å². The average molecular weight is 539 g/mol. The van der Waals surface area contributed by atoms with E-state index in [0.29, 0.717) is 36.0 Å². The van der Waals surface area contributed by atoms with E-state index in [-0.39, 0.29) is 17.5 Å². The van der Waals surface area contributed by atoms with Gasteiger partial charge >= 0.3 is 0 Å². The zero-order valence-corrected chi connectivity index (χ0v) is 22.3. The number of anilines is 2. The van der Waals surface area contributed by atoms with Gasteiger partial charge in [0.2, 0.25) is 0 Å². The number of pyridine rings is 1. The van der Waals surface area contributed by atoms with Crippen LogP contribution in [0.4, 0.5) is 11.5 Å². The third-order valence-corrected chi connectivity index (χ3v) is 7.28. The molecule has 5 aromatic rings. The summed E-state index contributed by atoms with van der Waals surface area (Å²) in [7, 11) is 0. The molecule has 1 aromatic carbocycles. The summed E-state index contributed by atoms with van der Waals surface area (Å²) < 4.78 is 9.64. The Morgan fingerprint density at radius 1 is 1.00 bits per heavy atom. The maximum Gasteiger partial charge on any atom is 0.271 e. The molecule has 1 aliphatic heterocycles. The summed E-state index contributed by atoms with van der Waals surface area (Å²) >= 11 is 0. The molecule has 0 unspecified atom stereocenters. The highest BCUT2D eigenvalue weighted by molar-refractivity contribution is 5.93. The standard InChI is InChI=1S/C28H30N10O2/c1-17-13-20(3-4-23(17)40-21-7-11-37-24(14-21)31-15-33-37)35-27-26-22(8-12-38(26)34-16-32-27)19-5-9-36(10-6-19)28(39)25(30)18(2)29/h3-4,7-8,11-16,19H,5-6,9-10,29-30H2,1-2H3,(H,32,34,35)/b25-18+. The molecule has 40 heavy (non-hydrogen) atoms. The van der Waals surface area contributed by atoms with E-state index in [9.17, 15) is 4.79 Å². The van der Waals surface area contributed by atoms with Crippen LogP contribution in [-0.2, 0) is 4.79 Å². The van der Waals surface area contributed by atoms with Gasteiger partial charge in [0.05, 0.1) is 0 Å². The van der Waals surface area contributed by atoms with Gasteiger partial charge in [0.25, 0.3) is 5.91 Å². The van der Waals surface area contributed by atoms with Crippen molar-refractivity contribution >= 4 is 28.6 Å². The van der Waals surface area contributed by atoms with Gasteiger partial charge in [-0.3, -0.25) is 4.79 Å². The smallest absolute Gasteiger partial charge is 0.271 e. The summed E-state index contributed by atoms with van der Waals surface area (Å²) in [6, 6.07) is 11.7. The van der Waals surface area contributed by atoms with Crippen LogP contribution in [-0.4, -0.2) is 53.1 Å². The Kier molecular flexibility index (Phi) is 6.42. The second kappa shape index (κ2) is 10.2. The van der Waals surface area contributed by atoms with Crippen molar-refractivity contribution in [1.29, 1.82) is 0 Å². The van der Waals surface area contributed by atoms with E-state index in [1.807, 2.05) is 54.2 Å². The van der Waals surface area contributed by atoms with Gasteiger partial charge < -0.3 is 26.4 Å². The fourth-order valence-electron chi connectivity index (χ4n) is 5.10. The number of allylic oxidation sites excluding steroid dienone is 1. The number of likely N-dealkylation sites (tertiary alicyclic amines) is 1. The SMILES string of the molecule is C/C(N)=C(\N)C(=O)N1CCC(c2ccn3ncnc(Nc4ccc(Oc5ccn6ncnc6c5)c(C)c4)c23)CC1. The van der Waals surface area contributed by atoms with Crippen LogP contribution in [0, 0.1) is 6.92 Å². The molecule has 6 rings (SSSR count). The Hall–Kier alpha value is -5.13. The molecule has 5 heterocycles. The zero-order chi connectivity index (χ0) is 27.8. The predicted molar refractivity (Wildman–Crippen MR) is 150 cm³/mol. The number of nitrogens with two attached hydrogens (primary N) is 2. The van der Waals surface area contributed by atoms with Crippen LogP contribution in [0.2, 0.25) is 0 Å². The number of hydrogen-bond donors (Lipinski definition) is 3. The third kappa shape index (κ3) is 4.75. The molecule has 0 aliphatic carbocycles. The fourth-order valence-corrected chi connectivity index (χ4v) is 5.10. The quantitative estimate of drug-likeness (QED) is 0.276. The summed E-state index contributed by atoms with van der Waals surface area (Å²) in [5, 5.41) is 12.0. The molecular formula is C28H30N10O2. The summed E-state index contributed by atoms with van der Waals surface area (Å²) in [6.45, 7) is 4.85. The highest BCUT2D eigenvalue weighted by atomic mass is 16.5. The minimum atomic E-state index is -0.201. The molecule has 5 N–H and O–H groups in total. The first-order valence-corrected chi connectivity index (χ1v) is 13.1. The van der Waals surface area contributed by atoms with Crippen molar-refractivity contribution in [1.82, 2.24) is 34.1 Å². The number of nitrogens with zero attached hydrogens (tertiary/aromatic N) is 7. The van der Waals surface area contributed by atoms with Crippen LogP contribution in [0.15, 0.2) is 72.8 Å². The van der Waals surface area contributed by atoms with E-state index >= 15 is 0 Å². The minimum Gasteiger partial charge on any atom is -0.457 e. The van der Waals surface area contributed by atoms with Gasteiger partial charge in [-0.1, -0.05) is 0 Å². The van der Waals surface area contributed by atoms with Crippen LogP contribution in [0.5, 0.6) is 11.5 Å². The van der Waals surface area contributed by atoms with Gasteiger partial charge in [-0.05, 0) is 74.1 Å². The number of piperidine rings is 1. The molecule has 1 amide bonds. The summed E-state index contributed by atoms with van der Waals surface area (Å²) in [5.74, 6) is 2.19. The van der Waals surface area contributed by atoms with Gasteiger partial charge in [-0.15, -0.1) is 0 Å². The molecule has 0 saturated carbocycles. The molecule has 204 valence electrons. The first-order valence-electron chi connectivity index (χ1n) is 13.1. The van der Waals surface area contributed by atoms with E-state index in [1.165, 1.54) is 12.7 Å². The van der Waals surface area contributed by atoms with E-state index in [2.05, 4.69) is 31.5 Å². The topological polar surface area (TPSA) is 154 Å². The van der Waals surface area contributed by atoms with Crippen molar-refractivity contribution in [2.24, 2.45) is 11.5 Å². The largest absolute Gasteiger partial charge is 0.457 e. The highest BCUT2D eigenvalue weighted by Gasteiger charge is 2.28. The van der Waals surface area contributed by atoms with Crippen molar-refractivity contribution in [3.63, 3.8) is 0 Å². The maximum atomic E-state index is 12.6. The lowest BCUT2D eigenvalue weighted by molar-refractivity contribution is -0.128. The lowest BCUT2D eigenvalue weighted by Gasteiger charge is -2.32. The number of benzene rings is 1. The number of aromatic nitrogens is 6. The van der Waals surface area contributed by atoms with E-state index in [0.717, 1.165) is 40.9 Å². The average Bonchev–Trinajstić information content (AvgIpc) is 3.61. The lowest BCUT2D eigenvalue weighted by Crippen LogP contribution is -2.41. The van der Waals surface area contributed by atoms with Gasteiger partial charge in [0.15, 0.2) is 11.5 Å². The molecule has 0 radical (unpaired) electrons. The van der Waals surface area contributed by atoms with Crippen LogP contribution in [0.3, 0.4) is 0 Å². The molecule has 12 nitrogen and oxygen atoms in total. The summed E-state index contributed by atoms with van der Waals surface area (Å²) in [6.07, 6.45) is 8.42. The third-order valence-electron chi connectivity index (χ3n) is 7.28. The van der Waals surface area contributed by atoms with Crippen molar-refractivity contribution < 1.29 is 9.53 Å². The van der Waals surface area contributed by atoms with Gasteiger partial charge in [-0.2, -0.15) is 10.2 Å². The number of nitrogens with one attached hydrogen (secondary N) is 1. The molecule has 1 saturated heterocycles. The Morgan fingerprint density at radius 3 is 2.52 bits per heavy atom. The first kappa shape index (κ1) is 25.2.